The maximum absolute atomic E-state index is 6.55. The topological polar surface area (TPSA) is 24.8 Å². The zero-order valence-corrected chi connectivity index (χ0v) is 17.7. The Morgan fingerprint density at radius 1 is 1.04 bits per heavy atom. The van der Waals surface area contributed by atoms with Gasteiger partial charge in [-0.3, -0.25) is 4.90 Å². The van der Waals surface area contributed by atoms with Crippen molar-refractivity contribution in [2.45, 2.75) is 44.8 Å². The van der Waals surface area contributed by atoms with Crippen molar-refractivity contribution in [3.63, 3.8) is 0 Å². The number of piperidine rings is 2. The first kappa shape index (κ1) is 19.5. The molecule has 148 valence electrons. The first-order chi connectivity index (χ1) is 13.1. The summed E-state index contributed by atoms with van der Waals surface area (Å²) >= 11 is 13.1. The van der Waals surface area contributed by atoms with Crippen LogP contribution in [0.2, 0.25) is 10.0 Å². The summed E-state index contributed by atoms with van der Waals surface area (Å²) in [6, 6.07) is 5.68. The Balaban J connectivity index is 1.65. The molecule has 0 unspecified atom stereocenters. The Hall–Kier alpha value is -0.810. The van der Waals surface area contributed by atoms with Crippen LogP contribution in [0, 0.1) is 5.92 Å². The Morgan fingerprint density at radius 3 is 2.33 bits per heavy atom. The standard InChI is InChI=1S/C21H30Cl2N3O/c1-26(13-6-3-7-14-26)15-16-20(19-17(22)9-8-10-18(19)23)24-27-21(16)25-11-4-2-5-12-25/h8-10,16,21H,2-7,11-15H2,1H3/q+1/t16-,21-/m0/s1. The van der Waals surface area contributed by atoms with Gasteiger partial charge in [0.2, 0.25) is 0 Å². The molecule has 2 atom stereocenters. The smallest absolute Gasteiger partial charge is 0.195 e. The molecule has 0 N–H and O–H groups in total. The quantitative estimate of drug-likeness (QED) is 0.666. The van der Waals surface area contributed by atoms with Crippen LogP contribution in [0.5, 0.6) is 0 Å². The predicted molar refractivity (Wildman–Crippen MR) is 111 cm³/mol. The summed E-state index contributed by atoms with van der Waals surface area (Å²) in [6.07, 6.45) is 7.75. The Labute approximate surface area is 172 Å². The van der Waals surface area contributed by atoms with Gasteiger partial charge in [0.15, 0.2) is 6.23 Å². The molecule has 0 amide bonds. The fourth-order valence-electron chi connectivity index (χ4n) is 4.96. The van der Waals surface area contributed by atoms with Crippen LogP contribution in [-0.4, -0.2) is 61.1 Å². The maximum Gasteiger partial charge on any atom is 0.195 e. The van der Waals surface area contributed by atoms with Crippen molar-refractivity contribution in [1.82, 2.24) is 4.90 Å². The molecule has 0 saturated carbocycles. The second-order valence-electron chi connectivity index (χ2n) is 8.58. The van der Waals surface area contributed by atoms with Crippen molar-refractivity contribution in [2.24, 2.45) is 11.1 Å². The lowest BCUT2D eigenvalue weighted by Crippen LogP contribution is -2.55. The monoisotopic (exact) mass is 410 g/mol. The Morgan fingerprint density at radius 2 is 1.67 bits per heavy atom. The molecule has 6 heteroatoms. The Kier molecular flexibility index (Phi) is 5.98. The van der Waals surface area contributed by atoms with E-state index in [4.69, 9.17) is 28.0 Å². The molecule has 3 aliphatic rings. The molecule has 1 aromatic rings. The number of hydrogen-bond donors (Lipinski definition) is 0. The van der Waals surface area contributed by atoms with Gasteiger partial charge in [0, 0.05) is 18.7 Å². The minimum atomic E-state index is 0.00418. The van der Waals surface area contributed by atoms with Crippen molar-refractivity contribution in [3.05, 3.63) is 33.8 Å². The highest BCUT2D eigenvalue weighted by molar-refractivity contribution is 6.40. The minimum Gasteiger partial charge on any atom is -0.375 e. The summed E-state index contributed by atoms with van der Waals surface area (Å²) in [5, 5.41) is 5.88. The predicted octanol–water partition coefficient (Wildman–Crippen LogP) is 4.79. The molecule has 2 saturated heterocycles. The van der Waals surface area contributed by atoms with Crippen LogP contribution in [0.3, 0.4) is 0 Å². The van der Waals surface area contributed by atoms with E-state index >= 15 is 0 Å². The number of rotatable bonds is 4. The average molecular weight is 411 g/mol. The van der Waals surface area contributed by atoms with Crippen LogP contribution >= 0.6 is 23.2 Å². The van der Waals surface area contributed by atoms with Gasteiger partial charge in [0.25, 0.3) is 0 Å². The highest BCUT2D eigenvalue weighted by atomic mass is 35.5. The summed E-state index contributed by atoms with van der Waals surface area (Å²) < 4.78 is 1.08. The van der Waals surface area contributed by atoms with Crippen LogP contribution in [0.1, 0.15) is 44.1 Å². The van der Waals surface area contributed by atoms with Gasteiger partial charge in [-0.25, -0.2) is 0 Å². The SMILES string of the molecule is C[N+]1(C[C@H]2C(c3c(Cl)cccc3Cl)=NO[C@@H]2N2CCCCC2)CCCCC1. The number of nitrogens with zero attached hydrogens (tertiary/aromatic N) is 3. The van der Waals surface area contributed by atoms with Gasteiger partial charge in [-0.1, -0.05) is 40.8 Å². The number of hydrogen-bond acceptors (Lipinski definition) is 3. The number of benzene rings is 1. The van der Waals surface area contributed by atoms with Gasteiger partial charge < -0.3 is 9.32 Å². The second kappa shape index (κ2) is 8.28. The lowest BCUT2D eigenvalue weighted by atomic mass is 9.91. The molecule has 2 fully saturated rings. The van der Waals surface area contributed by atoms with Gasteiger partial charge in [-0.2, -0.15) is 0 Å². The second-order valence-corrected chi connectivity index (χ2v) is 9.40. The third-order valence-electron chi connectivity index (χ3n) is 6.46. The van der Waals surface area contributed by atoms with Gasteiger partial charge in [0.05, 0.1) is 36.7 Å². The van der Waals surface area contributed by atoms with E-state index in [2.05, 4.69) is 17.1 Å². The summed E-state index contributed by atoms with van der Waals surface area (Å²) in [6.45, 7) is 5.66. The first-order valence-electron chi connectivity index (χ1n) is 10.3. The van der Waals surface area contributed by atoms with Crippen molar-refractivity contribution in [3.8, 4) is 0 Å². The zero-order chi connectivity index (χ0) is 18.9. The molecule has 1 aromatic carbocycles. The number of likely N-dealkylation sites (tertiary alicyclic amines) is 2. The van der Waals surface area contributed by atoms with Crippen LogP contribution in [0.4, 0.5) is 0 Å². The Bertz CT molecular complexity index is 676. The molecule has 0 bridgehead atoms. The van der Waals surface area contributed by atoms with Crippen LogP contribution in [0.15, 0.2) is 23.4 Å². The van der Waals surface area contributed by atoms with Crippen LogP contribution < -0.4 is 0 Å². The van der Waals surface area contributed by atoms with Crippen molar-refractivity contribution < 1.29 is 9.32 Å². The molecule has 0 aromatic heterocycles. The summed E-state index contributed by atoms with van der Waals surface area (Å²) in [5.74, 6) is 0.198. The van der Waals surface area contributed by atoms with Gasteiger partial charge in [-0.15, -0.1) is 0 Å². The van der Waals surface area contributed by atoms with Crippen molar-refractivity contribution in [2.75, 3.05) is 39.8 Å². The van der Waals surface area contributed by atoms with E-state index in [9.17, 15) is 0 Å². The van der Waals surface area contributed by atoms with Gasteiger partial charge in [-0.05, 0) is 44.2 Å². The van der Waals surface area contributed by atoms with E-state index in [-0.39, 0.29) is 12.1 Å². The molecule has 27 heavy (non-hydrogen) atoms. The number of quaternary nitrogens is 1. The molecule has 4 rings (SSSR count). The van der Waals surface area contributed by atoms with E-state index in [0.29, 0.717) is 10.0 Å². The third-order valence-corrected chi connectivity index (χ3v) is 7.09. The maximum atomic E-state index is 6.55. The van der Waals surface area contributed by atoms with E-state index in [0.717, 1.165) is 35.4 Å². The molecular formula is C21H30Cl2N3O+. The lowest BCUT2D eigenvalue weighted by molar-refractivity contribution is -0.916. The normalized spacial score (nSPS) is 28.6. The average Bonchev–Trinajstić information content (AvgIpc) is 3.05. The van der Waals surface area contributed by atoms with Crippen LogP contribution in [-0.2, 0) is 4.84 Å². The minimum absolute atomic E-state index is 0.00418. The van der Waals surface area contributed by atoms with Crippen LogP contribution in [0.25, 0.3) is 0 Å². The molecule has 3 aliphatic heterocycles. The molecule has 4 nitrogen and oxygen atoms in total. The van der Waals surface area contributed by atoms with E-state index in [1.54, 1.807) is 0 Å². The highest BCUT2D eigenvalue weighted by Crippen LogP contribution is 2.36. The lowest BCUT2D eigenvalue weighted by Gasteiger charge is -2.42. The van der Waals surface area contributed by atoms with Crippen molar-refractivity contribution in [1.29, 1.82) is 0 Å². The fourth-order valence-corrected chi connectivity index (χ4v) is 5.56. The van der Waals surface area contributed by atoms with Crippen molar-refractivity contribution >= 4 is 28.9 Å². The van der Waals surface area contributed by atoms with E-state index < -0.39 is 0 Å². The number of halogens is 2. The van der Waals surface area contributed by atoms with Gasteiger partial charge in [0.1, 0.15) is 11.6 Å². The van der Waals surface area contributed by atoms with Gasteiger partial charge >= 0.3 is 0 Å². The number of oxime groups is 1. The summed E-state index contributed by atoms with van der Waals surface area (Å²) in [7, 11) is 2.39. The third kappa shape index (κ3) is 4.14. The van der Waals surface area contributed by atoms with E-state index in [1.807, 2.05) is 18.2 Å². The molecular weight excluding hydrogens is 381 g/mol. The van der Waals surface area contributed by atoms with E-state index in [1.165, 1.54) is 51.6 Å². The first-order valence-corrected chi connectivity index (χ1v) is 11.1. The summed E-state index contributed by atoms with van der Waals surface area (Å²) in [5.41, 5.74) is 1.79. The largest absolute Gasteiger partial charge is 0.375 e. The molecule has 0 radical (unpaired) electrons. The molecule has 0 aliphatic carbocycles. The molecule has 0 spiro atoms. The fraction of sp³-hybridized carbons (Fsp3) is 0.667. The highest BCUT2D eigenvalue weighted by Gasteiger charge is 2.45. The summed E-state index contributed by atoms with van der Waals surface area (Å²) in [4.78, 5) is 8.53. The zero-order valence-electron chi connectivity index (χ0n) is 16.2. The molecule has 3 heterocycles.